The zero-order valence-electron chi connectivity index (χ0n) is 18.2. The van der Waals surface area contributed by atoms with E-state index in [1.807, 2.05) is 4.90 Å². The first kappa shape index (κ1) is 22.2. The van der Waals surface area contributed by atoms with Crippen LogP contribution in [-0.2, 0) is 4.74 Å². The maximum Gasteiger partial charge on any atom is 0.319 e. The number of likely N-dealkylation sites (tertiary alicyclic amines) is 1. The van der Waals surface area contributed by atoms with Crippen LogP contribution in [0.5, 0.6) is 0 Å². The van der Waals surface area contributed by atoms with E-state index in [9.17, 15) is 9.59 Å². The number of urea groups is 2. The van der Waals surface area contributed by atoms with E-state index in [1.54, 1.807) is 19.0 Å². The molecule has 2 N–H and O–H groups in total. The van der Waals surface area contributed by atoms with E-state index >= 15 is 0 Å². The van der Waals surface area contributed by atoms with Crippen molar-refractivity contribution in [3.8, 4) is 0 Å². The van der Waals surface area contributed by atoms with E-state index in [1.165, 1.54) is 19.3 Å². The van der Waals surface area contributed by atoms with Gasteiger partial charge in [0.1, 0.15) is 0 Å². The Morgan fingerprint density at radius 1 is 1.00 bits per heavy atom. The van der Waals surface area contributed by atoms with Crippen molar-refractivity contribution in [3.05, 3.63) is 0 Å². The Labute approximate surface area is 175 Å². The minimum atomic E-state index is -0.0420. The Hall–Kier alpha value is -1.54. The second kappa shape index (κ2) is 11.0. The summed E-state index contributed by atoms with van der Waals surface area (Å²) in [5.41, 5.74) is 0. The topological polar surface area (TPSA) is 77.2 Å². The van der Waals surface area contributed by atoms with Crippen LogP contribution in [-0.4, -0.2) is 98.4 Å². The Morgan fingerprint density at radius 2 is 1.72 bits per heavy atom. The van der Waals surface area contributed by atoms with Gasteiger partial charge < -0.3 is 25.2 Å². The van der Waals surface area contributed by atoms with Crippen molar-refractivity contribution in [2.24, 2.45) is 0 Å². The van der Waals surface area contributed by atoms with E-state index < -0.39 is 0 Å². The molecule has 2 heterocycles. The summed E-state index contributed by atoms with van der Waals surface area (Å²) in [5, 5.41) is 6.19. The number of amides is 4. The molecule has 0 aromatic rings. The fourth-order valence-electron chi connectivity index (χ4n) is 4.93. The molecule has 4 amide bonds. The number of nitrogens with zero attached hydrogens (tertiary/aromatic N) is 3. The van der Waals surface area contributed by atoms with Gasteiger partial charge in [-0.05, 0) is 32.1 Å². The Balaban J connectivity index is 1.49. The molecule has 1 unspecified atom stereocenters. The molecule has 3 rings (SSSR count). The zero-order chi connectivity index (χ0) is 20.6. The van der Waals surface area contributed by atoms with E-state index in [-0.39, 0.29) is 12.1 Å². The monoisotopic (exact) mass is 409 g/mol. The van der Waals surface area contributed by atoms with Crippen LogP contribution in [0.3, 0.4) is 0 Å². The van der Waals surface area contributed by atoms with Crippen molar-refractivity contribution in [1.82, 2.24) is 25.3 Å². The van der Waals surface area contributed by atoms with Crippen LogP contribution in [0.25, 0.3) is 0 Å². The number of nitrogens with one attached hydrogen (secondary N) is 2. The van der Waals surface area contributed by atoms with Crippen molar-refractivity contribution in [2.45, 2.75) is 69.5 Å². The first-order valence-corrected chi connectivity index (χ1v) is 11.4. The standard InChI is InChI=1S/C21H39N5O3/c1-24(2)21(28)25-12-8-19(16-25)26(18-9-14-29-15-10-18)13-11-22-20(27)23-17-6-4-3-5-7-17/h17-19H,3-16H2,1-2H3,(H2,22,23,27). The molecule has 1 aliphatic carbocycles. The average Bonchev–Trinajstić information content (AvgIpc) is 3.21. The molecule has 3 fully saturated rings. The summed E-state index contributed by atoms with van der Waals surface area (Å²) < 4.78 is 5.55. The second-order valence-electron chi connectivity index (χ2n) is 8.88. The molecular weight excluding hydrogens is 370 g/mol. The molecule has 29 heavy (non-hydrogen) atoms. The molecule has 8 heteroatoms. The maximum absolute atomic E-state index is 12.3. The summed E-state index contributed by atoms with van der Waals surface area (Å²) in [4.78, 5) is 30.7. The molecule has 0 spiro atoms. The first-order valence-electron chi connectivity index (χ1n) is 11.4. The van der Waals surface area contributed by atoms with Crippen molar-refractivity contribution < 1.29 is 14.3 Å². The number of hydrogen-bond donors (Lipinski definition) is 2. The van der Waals surface area contributed by atoms with Gasteiger partial charge in [0, 0.05) is 71.6 Å². The van der Waals surface area contributed by atoms with Crippen molar-refractivity contribution in [2.75, 3.05) is 53.5 Å². The molecule has 0 bridgehead atoms. The third kappa shape index (κ3) is 6.47. The summed E-state index contributed by atoms with van der Waals surface area (Å²) in [7, 11) is 3.61. The number of carbonyl (C=O) groups excluding carboxylic acids is 2. The summed E-state index contributed by atoms with van der Waals surface area (Å²) in [6, 6.07) is 1.19. The fourth-order valence-corrected chi connectivity index (χ4v) is 4.93. The lowest BCUT2D eigenvalue weighted by Gasteiger charge is -2.38. The van der Waals surface area contributed by atoms with E-state index in [4.69, 9.17) is 4.74 Å². The highest BCUT2D eigenvalue weighted by molar-refractivity contribution is 5.74. The van der Waals surface area contributed by atoms with E-state index in [0.717, 1.165) is 65.0 Å². The number of rotatable bonds is 6. The molecule has 3 aliphatic rings. The fraction of sp³-hybridized carbons (Fsp3) is 0.905. The number of carbonyl (C=O) groups is 2. The average molecular weight is 410 g/mol. The summed E-state index contributed by atoms with van der Waals surface area (Å²) in [5.74, 6) is 0. The van der Waals surface area contributed by atoms with Gasteiger partial charge in [0.15, 0.2) is 0 Å². The predicted molar refractivity (Wildman–Crippen MR) is 113 cm³/mol. The molecule has 8 nitrogen and oxygen atoms in total. The van der Waals surface area contributed by atoms with Crippen LogP contribution in [0, 0.1) is 0 Å². The van der Waals surface area contributed by atoms with Crippen LogP contribution in [0.1, 0.15) is 51.4 Å². The van der Waals surface area contributed by atoms with Gasteiger partial charge in [-0.1, -0.05) is 19.3 Å². The van der Waals surface area contributed by atoms with E-state index in [0.29, 0.717) is 24.7 Å². The van der Waals surface area contributed by atoms with Gasteiger partial charge >= 0.3 is 12.1 Å². The van der Waals surface area contributed by atoms with Gasteiger partial charge in [0.2, 0.25) is 0 Å². The molecule has 0 aromatic heterocycles. The lowest BCUT2D eigenvalue weighted by molar-refractivity contribution is 0.0190. The highest BCUT2D eigenvalue weighted by Gasteiger charge is 2.34. The molecule has 0 aromatic carbocycles. The van der Waals surface area contributed by atoms with Crippen molar-refractivity contribution in [3.63, 3.8) is 0 Å². The quantitative estimate of drug-likeness (QED) is 0.702. The van der Waals surface area contributed by atoms with Crippen LogP contribution >= 0.6 is 0 Å². The molecule has 166 valence electrons. The lowest BCUT2D eigenvalue weighted by atomic mass is 9.96. The molecular formula is C21H39N5O3. The lowest BCUT2D eigenvalue weighted by Crippen LogP contribution is -2.51. The van der Waals surface area contributed by atoms with Gasteiger partial charge in [0.05, 0.1) is 0 Å². The second-order valence-corrected chi connectivity index (χ2v) is 8.88. The molecule has 2 aliphatic heterocycles. The number of hydrogen-bond acceptors (Lipinski definition) is 4. The third-order valence-corrected chi connectivity index (χ3v) is 6.54. The molecule has 2 saturated heterocycles. The largest absolute Gasteiger partial charge is 0.381 e. The maximum atomic E-state index is 12.3. The van der Waals surface area contributed by atoms with Crippen LogP contribution < -0.4 is 10.6 Å². The zero-order valence-corrected chi connectivity index (χ0v) is 18.2. The SMILES string of the molecule is CN(C)C(=O)N1CCC(N(CCNC(=O)NC2CCCCC2)C2CCOCC2)C1. The minimum Gasteiger partial charge on any atom is -0.381 e. The van der Waals surface area contributed by atoms with Gasteiger partial charge in [-0.2, -0.15) is 0 Å². The summed E-state index contributed by atoms with van der Waals surface area (Å²) in [6.07, 6.45) is 8.94. The highest BCUT2D eigenvalue weighted by Crippen LogP contribution is 2.23. The summed E-state index contributed by atoms with van der Waals surface area (Å²) in [6.45, 7) is 4.61. The third-order valence-electron chi connectivity index (χ3n) is 6.54. The molecule has 0 radical (unpaired) electrons. The van der Waals surface area contributed by atoms with Gasteiger partial charge in [-0.15, -0.1) is 0 Å². The van der Waals surface area contributed by atoms with Crippen molar-refractivity contribution in [1.29, 1.82) is 0 Å². The van der Waals surface area contributed by atoms with Gasteiger partial charge in [-0.3, -0.25) is 4.90 Å². The first-order chi connectivity index (χ1) is 14.0. The molecule has 1 atom stereocenters. The molecule has 1 saturated carbocycles. The normalized spacial score (nSPS) is 24.0. The Kier molecular flexibility index (Phi) is 8.41. The predicted octanol–water partition coefficient (Wildman–Crippen LogP) is 1.86. The Bertz CT molecular complexity index is 532. The van der Waals surface area contributed by atoms with Gasteiger partial charge in [-0.25, -0.2) is 9.59 Å². The minimum absolute atomic E-state index is 0.0420. The van der Waals surface area contributed by atoms with Crippen LogP contribution in [0.15, 0.2) is 0 Å². The Morgan fingerprint density at radius 3 is 2.41 bits per heavy atom. The van der Waals surface area contributed by atoms with E-state index in [2.05, 4.69) is 15.5 Å². The number of ether oxygens (including phenoxy) is 1. The summed E-state index contributed by atoms with van der Waals surface area (Å²) >= 11 is 0. The smallest absolute Gasteiger partial charge is 0.319 e. The highest BCUT2D eigenvalue weighted by atomic mass is 16.5. The van der Waals surface area contributed by atoms with Gasteiger partial charge in [0.25, 0.3) is 0 Å². The van der Waals surface area contributed by atoms with Crippen LogP contribution in [0.4, 0.5) is 9.59 Å². The van der Waals surface area contributed by atoms with Crippen LogP contribution in [0.2, 0.25) is 0 Å². The van der Waals surface area contributed by atoms with Crippen molar-refractivity contribution >= 4 is 12.1 Å².